The van der Waals surface area contributed by atoms with Crippen LogP contribution in [0.3, 0.4) is 0 Å². The van der Waals surface area contributed by atoms with E-state index >= 15 is 0 Å². The van der Waals surface area contributed by atoms with E-state index in [1.54, 1.807) is 12.0 Å². The molecule has 0 unspecified atom stereocenters. The molecule has 2 aromatic rings. The summed E-state index contributed by atoms with van der Waals surface area (Å²) in [5.74, 6) is 0.863. The molecule has 2 aliphatic heterocycles. The Hall–Kier alpha value is -3.02. The summed E-state index contributed by atoms with van der Waals surface area (Å²) < 4.78 is 5.30. The number of carbonyl (C=O) groups is 2. The largest absolute Gasteiger partial charge is 0.497 e. The van der Waals surface area contributed by atoms with E-state index in [4.69, 9.17) is 4.74 Å². The monoisotopic (exact) mass is 435 g/mol. The van der Waals surface area contributed by atoms with E-state index in [1.807, 2.05) is 42.5 Å². The molecule has 0 bridgehead atoms. The molecule has 6 nitrogen and oxygen atoms in total. The smallest absolute Gasteiger partial charge is 0.321 e. The van der Waals surface area contributed by atoms with Crippen molar-refractivity contribution in [2.75, 3.05) is 32.1 Å². The first-order chi connectivity index (χ1) is 15.7. The van der Waals surface area contributed by atoms with Crippen molar-refractivity contribution in [1.82, 2.24) is 9.80 Å². The van der Waals surface area contributed by atoms with Crippen molar-refractivity contribution in [3.8, 4) is 5.75 Å². The second-order valence-corrected chi connectivity index (χ2v) is 8.75. The number of nitrogens with one attached hydrogen (secondary N) is 1. The predicted molar refractivity (Wildman–Crippen MR) is 126 cm³/mol. The van der Waals surface area contributed by atoms with Crippen molar-refractivity contribution in [3.05, 3.63) is 60.2 Å². The van der Waals surface area contributed by atoms with Crippen LogP contribution in [-0.4, -0.2) is 48.5 Å². The quantitative estimate of drug-likeness (QED) is 0.728. The molecule has 0 radical (unpaired) electrons. The zero-order valence-electron chi connectivity index (χ0n) is 18.8. The van der Waals surface area contributed by atoms with Crippen LogP contribution in [0.4, 0.5) is 10.5 Å². The van der Waals surface area contributed by atoms with Crippen LogP contribution in [0.2, 0.25) is 0 Å². The Morgan fingerprint density at radius 1 is 0.906 bits per heavy atom. The molecule has 1 N–H and O–H groups in total. The third kappa shape index (κ3) is 5.23. The number of para-hydroxylation sites is 1. The molecule has 2 atom stereocenters. The molecule has 170 valence electrons. The van der Waals surface area contributed by atoms with Crippen molar-refractivity contribution in [3.63, 3.8) is 0 Å². The van der Waals surface area contributed by atoms with Gasteiger partial charge >= 0.3 is 6.03 Å². The van der Waals surface area contributed by atoms with E-state index < -0.39 is 0 Å². The fourth-order valence-corrected chi connectivity index (χ4v) is 4.87. The number of anilines is 1. The molecular weight excluding hydrogens is 402 g/mol. The van der Waals surface area contributed by atoms with E-state index in [-0.39, 0.29) is 23.9 Å². The Balaban J connectivity index is 1.46. The predicted octanol–water partition coefficient (Wildman–Crippen LogP) is 5.08. The summed E-state index contributed by atoms with van der Waals surface area (Å²) in [5.41, 5.74) is 1.94. The second-order valence-electron chi connectivity index (χ2n) is 8.75. The van der Waals surface area contributed by atoms with Gasteiger partial charge in [-0.15, -0.1) is 0 Å². The molecule has 2 saturated heterocycles. The van der Waals surface area contributed by atoms with E-state index in [1.165, 1.54) is 0 Å². The molecule has 6 heteroatoms. The van der Waals surface area contributed by atoms with Gasteiger partial charge in [-0.05, 0) is 55.5 Å². The van der Waals surface area contributed by atoms with Gasteiger partial charge in [-0.3, -0.25) is 4.79 Å². The van der Waals surface area contributed by atoms with Crippen LogP contribution in [-0.2, 0) is 4.79 Å². The van der Waals surface area contributed by atoms with Crippen LogP contribution in [0.5, 0.6) is 5.75 Å². The maximum atomic E-state index is 13.7. The molecule has 3 amide bonds. The molecule has 4 rings (SSSR count). The van der Waals surface area contributed by atoms with Crippen LogP contribution in [0, 0.1) is 5.92 Å². The lowest BCUT2D eigenvalue weighted by Gasteiger charge is -2.37. The summed E-state index contributed by atoms with van der Waals surface area (Å²) in [6.45, 7) is 1.94. The standard InChI is InChI=1S/C26H33N3O3/c1-32-23-15-13-20(14-16-23)24-12-6-3-7-18-29(24)25(30)21-9-8-17-28(19-21)26(31)27-22-10-4-2-5-11-22/h2,4-5,10-11,13-16,21,24H,3,6-9,12,17-19H2,1H3,(H,27,31)/t21-,24-/m1/s1. The SMILES string of the molecule is COc1ccc([C@H]2CCCCCN2C(=O)[C@@H]2CCCN(C(=O)Nc3ccccc3)C2)cc1. The number of benzene rings is 2. The Labute approximate surface area is 190 Å². The molecular formula is C26H33N3O3. The maximum absolute atomic E-state index is 13.7. The fraction of sp³-hybridized carbons (Fsp3) is 0.462. The number of nitrogens with zero attached hydrogens (tertiary/aromatic N) is 2. The third-order valence-electron chi connectivity index (χ3n) is 6.62. The summed E-state index contributed by atoms with van der Waals surface area (Å²) in [5, 5.41) is 2.96. The van der Waals surface area contributed by atoms with E-state index in [9.17, 15) is 9.59 Å². The summed E-state index contributed by atoms with van der Waals surface area (Å²) >= 11 is 0. The van der Waals surface area contributed by atoms with Gasteiger partial charge in [0.2, 0.25) is 5.91 Å². The molecule has 0 aliphatic carbocycles. The Bertz CT molecular complexity index is 900. The second kappa shape index (κ2) is 10.5. The van der Waals surface area contributed by atoms with E-state index in [0.29, 0.717) is 13.1 Å². The minimum Gasteiger partial charge on any atom is -0.497 e. The van der Waals surface area contributed by atoms with Crippen LogP contribution in [0.25, 0.3) is 0 Å². The number of rotatable bonds is 4. The summed E-state index contributed by atoms with van der Waals surface area (Å²) in [6.07, 6.45) is 5.95. The lowest BCUT2D eigenvalue weighted by atomic mass is 9.94. The van der Waals surface area contributed by atoms with Crippen LogP contribution in [0.1, 0.15) is 50.1 Å². The highest BCUT2D eigenvalue weighted by atomic mass is 16.5. The number of methoxy groups -OCH3 is 1. The van der Waals surface area contributed by atoms with Gasteiger partial charge in [0.15, 0.2) is 0 Å². The zero-order chi connectivity index (χ0) is 22.3. The fourth-order valence-electron chi connectivity index (χ4n) is 4.87. The van der Waals surface area contributed by atoms with Crippen molar-refractivity contribution in [2.45, 2.75) is 44.6 Å². The molecule has 0 spiro atoms. The Morgan fingerprint density at radius 2 is 1.69 bits per heavy atom. The van der Waals surface area contributed by atoms with E-state index in [2.05, 4.69) is 22.3 Å². The number of carbonyl (C=O) groups excluding carboxylic acids is 2. The minimum absolute atomic E-state index is 0.0874. The van der Waals surface area contributed by atoms with Crippen molar-refractivity contribution >= 4 is 17.6 Å². The lowest BCUT2D eigenvalue weighted by Crippen LogP contribution is -2.48. The number of amides is 3. The highest BCUT2D eigenvalue weighted by molar-refractivity contribution is 5.90. The number of likely N-dealkylation sites (tertiary alicyclic amines) is 2. The highest BCUT2D eigenvalue weighted by Gasteiger charge is 2.35. The van der Waals surface area contributed by atoms with Gasteiger partial charge in [-0.1, -0.05) is 43.2 Å². The van der Waals surface area contributed by atoms with Gasteiger partial charge in [0.25, 0.3) is 0 Å². The number of urea groups is 1. The van der Waals surface area contributed by atoms with Crippen LogP contribution < -0.4 is 10.1 Å². The van der Waals surface area contributed by atoms with Gasteiger partial charge in [0, 0.05) is 25.3 Å². The maximum Gasteiger partial charge on any atom is 0.321 e. The van der Waals surface area contributed by atoms with Gasteiger partial charge < -0.3 is 19.9 Å². The summed E-state index contributed by atoms with van der Waals surface area (Å²) in [4.78, 5) is 30.3. The molecule has 2 aliphatic rings. The van der Waals surface area contributed by atoms with Crippen LogP contribution >= 0.6 is 0 Å². The Morgan fingerprint density at radius 3 is 2.44 bits per heavy atom. The van der Waals surface area contributed by atoms with Crippen molar-refractivity contribution in [1.29, 1.82) is 0 Å². The average Bonchev–Trinajstić information content (AvgIpc) is 3.10. The van der Waals surface area contributed by atoms with Gasteiger partial charge in [0.05, 0.1) is 19.1 Å². The number of hydrogen-bond donors (Lipinski definition) is 1. The van der Waals surface area contributed by atoms with Gasteiger partial charge in [0.1, 0.15) is 5.75 Å². The molecule has 32 heavy (non-hydrogen) atoms. The van der Waals surface area contributed by atoms with E-state index in [0.717, 1.165) is 62.1 Å². The number of piperidine rings is 1. The van der Waals surface area contributed by atoms with Gasteiger partial charge in [-0.25, -0.2) is 4.79 Å². The normalized spacial score (nSPS) is 21.5. The van der Waals surface area contributed by atoms with Crippen molar-refractivity contribution in [2.24, 2.45) is 5.92 Å². The van der Waals surface area contributed by atoms with Crippen LogP contribution in [0.15, 0.2) is 54.6 Å². The number of ether oxygens (including phenoxy) is 1. The van der Waals surface area contributed by atoms with Crippen molar-refractivity contribution < 1.29 is 14.3 Å². The highest BCUT2D eigenvalue weighted by Crippen LogP contribution is 2.33. The molecule has 2 heterocycles. The lowest BCUT2D eigenvalue weighted by molar-refractivity contribution is -0.139. The first kappa shape index (κ1) is 22.2. The summed E-state index contributed by atoms with van der Waals surface area (Å²) in [7, 11) is 1.67. The molecule has 0 saturated carbocycles. The topological polar surface area (TPSA) is 61.9 Å². The molecule has 2 aromatic carbocycles. The first-order valence-electron chi connectivity index (χ1n) is 11.7. The molecule has 0 aromatic heterocycles. The average molecular weight is 436 g/mol. The number of hydrogen-bond acceptors (Lipinski definition) is 3. The minimum atomic E-state index is -0.149. The summed E-state index contributed by atoms with van der Waals surface area (Å²) in [6, 6.07) is 17.5. The first-order valence-corrected chi connectivity index (χ1v) is 11.7. The van der Waals surface area contributed by atoms with Gasteiger partial charge in [-0.2, -0.15) is 0 Å². The Kier molecular flexibility index (Phi) is 7.30. The zero-order valence-corrected chi connectivity index (χ0v) is 18.8. The third-order valence-corrected chi connectivity index (χ3v) is 6.62. The molecule has 2 fully saturated rings.